The van der Waals surface area contributed by atoms with E-state index in [1.54, 1.807) is 7.11 Å². The molecule has 1 atom stereocenters. The number of benzene rings is 1. The van der Waals surface area contributed by atoms with Crippen LogP contribution >= 0.6 is 35.7 Å². The van der Waals surface area contributed by atoms with E-state index in [2.05, 4.69) is 22.5 Å². The van der Waals surface area contributed by atoms with Gasteiger partial charge in [-0.25, -0.2) is 0 Å². The van der Waals surface area contributed by atoms with Crippen molar-refractivity contribution in [3.63, 3.8) is 0 Å². The van der Waals surface area contributed by atoms with Crippen LogP contribution in [0.5, 0.6) is 11.5 Å². The summed E-state index contributed by atoms with van der Waals surface area (Å²) in [5, 5.41) is 7.27. The van der Waals surface area contributed by atoms with Gasteiger partial charge < -0.3 is 20.1 Å². The third-order valence-electron chi connectivity index (χ3n) is 3.53. The van der Waals surface area contributed by atoms with E-state index in [1.807, 2.05) is 36.0 Å². The molecule has 1 saturated heterocycles. The summed E-state index contributed by atoms with van der Waals surface area (Å²) in [4.78, 5) is 4.67. The van der Waals surface area contributed by atoms with Gasteiger partial charge in [-0.1, -0.05) is 6.07 Å². The maximum Gasteiger partial charge on any atom is 0.191 e. The third-order valence-corrected chi connectivity index (χ3v) is 4.91. The number of guanidine groups is 1. The molecule has 0 aromatic heterocycles. The van der Waals surface area contributed by atoms with Crippen LogP contribution < -0.4 is 20.1 Å². The van der Waals surface area contributed by atoms with Crippen molar-refractivity contribution in [3.8, 4) is 11.5 Å². The van der Waals surface area contributed by atoms with Crippen LogP contribution in [0.2, 0.25) is 0 Å². The van der Waals surface area contributed by atoms with Gasteiger partial charge in [0.1, 0.15) is 18.1 Å². The molecule has 0 radical (unpaired) electrons. The van der Waals surface area contributed by atoms with E-state index in [0.29, 0.717) is 18.4 Å². The summed E-state index contributed by atoms with van der Waals surface area (Å²) in [6, 6.07) is 7.64. The van der Waals surface area contributed by atoms with E-state index in [-0.39, 0.29) is 24.0 Å². The molecule has 1 heterocycles. The van der Waals surface area contributed by atoms with Crippen molar-refractivity contribution in [1.29, 1.82) is 0 Å². The van der Waals surface area contributed by atoms with Crippen LogP contribution in [0.4, 0.5) is 0 Å². The number of hydrogen-bond donors (Lipinski definition) is 2. The first-order valence-corrected chi connectivity index (χ1v) is 9.27. The minimum atomic E-state index is 0. The lowest BCUT2D eigenvalue weighted by Gasteiger charge is -2.13. The van der Waals surface area contributed by atoms with Crippen LogP contribution in [0.25, 0.3) is 0 Å². The van der Waals surface area contributed by atoms with Crippen molar-refractivity contribution in [3.05, 3.63) is 24.3 Å². The number of aliphatic imine (C=N–C) groups is 1. The fraction of sp³-hybridized carbons (Fsp3) is 0.588. The summed E-state index contributed by atoms with van der Waals surface area (Å²) in [5.74, 6) is 3.77. The van der Waals surface area contributed by atoms with Gasteiger partial charge in [-0.2, -0.15) is 11.8 Å². The highest BCUT2D eigenvalue weighted by Crippen LogP contribution is 2.26. The maximum absolute atomic E-state index is 5.73. The van der Waals surface area contributed by atoms with Gasteiger partial charge in [0.25, 0.3) is 0 Å². The van der Waals surface area contributed by atoms with Gasteiger partial charge in [-0.05, 0) is 37.7 Å². The van der Waals surface area contributed by atoms with Gasteiger partial charge in [0.2, 0.25) is 0 Å². The highest BCUT2D eigenvalue weighted by molar-refractivity contribution is 14.0. The number of nitrogens with one attached hydrogen (secondary N) is 2. The summed E-state index contributed by atoms with van der Waals surface area (Å²) in [7, 11) is 1.66. The summed E-state index contributed by atoms with van der Waals surface area (Å²) >= 11 is 2.03. The normalized spacial score (nSPS) is 17.1. The fourth-order valence-corrected chi connectivity index (χ4v) is 3.53. The first-order chi connectivity index (χ1) is 11.3. The van der Waals surface area contributed by atoms with Crippen molar-refractivity contribution < 1.29 is 9.47 Å². The van der Waals surface area contributed by atoms with Gasteiger partial charge in [0, 0.05) is 17.9 Å². The van der Waals surface area contributed by atoms with Crippen LogP contribution in [-0.4, -0.2) is 50.3 Å². The fourth-order valence-electron chi connectivity index (χ4n) is 2.35. The lowest BCUT2D eigenvalue weighted by Crippen LogP contribution is -2.39. The Kier molecular flexibility index (Phi) is 11.1. The van der Waals surface area contributed by atoms with Gasteiger partial charge in [-0.15, -0.1) is 24.0 Å². The van der Waals surface area contributed by atoms with Crippen LogP contribution in [0.15, 0.2) is 29.3 Å². The molecule has 5 nitrogen and oxygen atoms in total. The minimum absolute atomic E-state index is 0. The Hall–Kier alpha value is -0.830. The zero-order chi connectivity index (χ0) is 16.3. The number of rotatable bonds is 8. The average molecular weight is 465 g/mol. The summed E-state index contributed by atoms with van der Waals surface area (Å²) in [5.41, 5.74) is 0. The third kappa shape index (κ3) is 7.83. The zero-order valence-corrected chi connectivity index (χ0v) is 17.6. The predicted molar refractivity (Wildman–Crippen MR) is 113 cm³/mol. The molecular weight excluding hydrogens is 437 g/mol. The van der Waals surface area contributed by atoms with Gasteiger partial charge in [-0.3, -0.25) is 4.99 Å². The van der Waals surface area contributed by atoms with Gasteiger partial charge >= 0.3 is 0 Å². The number of hydrogen-bond acceptors (Lipinski definition) is 4. The molecule has 1 aromatic rings. The van der Waals surface area contributed by atoms with E-state index < -0.39 is 0 Å². The Morgan fingerprint density at radius 3 is 2.88 bits per heavy atom. The van der Waals surface area contributed by atoms with Crippen LogP contribution in [0.3, 0.4) is 0 Å². The molecule has 2 N–H and O–H groups in total. The standard InChI is InChI=1S/C17H27N3O2S.HI/c1-3-18-17(20-13-16-8-5-11-23-16)19-9-10-22-15-7-4-6-14(12-15)21-2;/h4,6-7,12,16H,3,5,8-11,13H2,1-2H3,(H2,18,19,20);1H. The Labute approximate surface area is 166 Å². The van der Waals surface area contributed by atoms with E-state index in [4.69, 9.17) is 9.47 Å². The van der Waals surface area contributed by atoms with Crippen molar-refractivity contribution in [2.24, 2.45) is 4.99 Å². The highest BCUT2D eigenvalue weighted by atomic mass is 127. The molecule has 1 aliphatic rings. The minimum Gasteiger partial charge on any atom is -0.497 e. The lowest BCUT2D eigenvalue weighted by atomic mass is 10.2. The van der Waals surface area contributed by atoms with E-state index in [0.717, 1.165) is 30.5 Å². The van der Waals surface area contributed by atoms with E-state index in [1.165, 1.54) is 18.6 Å². The first kappa shape index (κ1) is 21.2. The second-order valence-electron chi connectivity index (χ2n) is 5.31. The molecule has 1 fully saturated rings. The van der Waals surface area contributed by atoms with Crippen molar-refractivity contribution in [1.82, 2.24) is 10.6 Å². The van der Waals surface area contributed by atoms with Crippen LogP contribution in [0.1, 0.15) is 19.8 Å². The average Bonchev–Trinajstić information content (AvgIpc) is 3.10. The molecule has 24 heavy (non-hydrogen) atoms. The summed E-state index contributed by atoms with van der Waals surface area (Å²) < 4.78 is 10.9. The molecule has 1 aromatic carbocycles. The maximum atomic E-state index is 5.73. The zero-order valence-electron chi connectivity index (χ0n) is 14.4. The Morgan fingerprint density at radius 2 is 2.17 bits per heavy atom. The molecule has 1 aliphatic heterocycles. The van der Waals surface area contributed by atoms with E-state index >= 15 is 0 Å². The second-order valence-corrected chi connectivity index (χ2v) is 6.72. The molecule has 136 valence electrons. The number of thioether (sulfide) groups is 1. The largest absolute Gasteiger partial charge is 0.497 e. The molecule has 0 saturated carbocycles. The molecule has 7 heteroatoms. The molecule has 2 rings (SSSR count). The molecule has 0 bridgehead atoms. The second kappa shape index (κ2) is 12.5. The van der Waals surface area contributed by atoms with Gasteiger partial charge in [0.15, 0.2) is 5.96 Å². The number of halogens is 1. The monoisotopic (exact) mass is 465 g/mol. The molecule has 0 aliphatic carbocycles. The Morgan fingerprint density at radius 1 is 1.33 bits per heavy atom. The van der Waals surface area contributed by atoms with Crippen molar-refractivity contribution in [2.75, 3.05) is 39.1 Å². The molecule has 1 unspecified atom stereocenters. The Bertz CT molecular complexity index is 496. The highest BCUT2D eigenvalue weighted by Gasteiger charge is 2.14. The Balaban J connectivity index is 0.00000288. The van der Waals surface area contributed by atoms with Crippen LogP contribution in [-0.2, 0) is 0 Å². The number of methoxy groups -OCH3 is 1. The quantitative estimate of drug-likeness (QED) is 0.268. The topological polar surface area (TPSA) is 54.9 Å². The first-order valence-electron chi connectivity index (χ1n) is 8.22. The van der Waals surface area contributed by atoms with Crippen molar-refractivity contribution in [2.45, 2.75) is 25.0 Å². The lowest BCUT2D eigenvalue weighted by molar-refractivity contribution is 0.319. The summed E-state index contributed by atoms with van der Waals surface area (Å²) in [6.07, 6.45) is 2.61. The molecule has 0 amide bonds. The van der Waals surface area contributed by atoms with Gasteiger partial charge in [0.05, 0.1) is 20.2 Å². The summed E-state index contributed by atoms with van der Waals surface area (Å²) in [6.45, 7) is 5.11. The smallest absolute Gasteiger partial charge is 0.191 e. The van der Waals surface area contributed by atoms with E-state index in [9.17, 15) is 0 Å². The predicted octanol–water partition coefficient (Wildman–Crippen LogP) is 3.14. The SMILES string of the molecule is CCNC(=NCC1CCCS1)NCCOc1cccc(OC)c1.I. The molecular formula is C17H28IN3O2S. The van der Waals surface area contributed by atoms with Crippen molar-refractivity contribution >= 4 is 41.7 Å². The number of ether oxygens (including phenoxy) is 2. The number of nitrogens with zero attached hydrogens (tertiary/aromatic N) is 1. The molecule has 0 spiro atoms. The van der Waals surface area contributed by atoms with Crippen LogP contribution in [0, 0.1) is 0 Å².